The van der Waals surface area contributed by atoms with Crippen molar-refractivity contribution < 1.29 is 5.11 Å². The molecule has 2 heterocycles. The first-order valence-corrected chi connectivity index (χ1v) is 12.3. The summed E-state index contributed by atoms with van der Waals surface area (Å²) in [5.41, 5.74) is 6.34. The van der Waals surface area contributed by atoms with Crippen LogP contribution >= 0.6 is 0 Å². The number of anilines is 1. The smallest absolute Gasteiger partial charge is 0.259 e. The number of aliphatic hydroxyl groups excluding tert-OH is 1. The summed E-state index contributed by atoms with van der Waals surface area (Å²) >= 11 is 0. The number of aryl methyl sites for hydroxylation is 1. The fourth-order valence-electron chi connectivity index (χ4n) is 4.90. The number of hydrogen-bond acceptors (Lipinski definition) is 5. The first-order valence-electron chi connectivity index (χ1n) is 12.3. The maximum absolute atomic E-state index is 14.0. The van der Waals surface area contributed by atoms with E-state index in [1.165, 1.54) is 5.56 Å². The van der Waals surface area contributed by atoms with Crippen LogP contribution in [0.5, 0.6) is 0 Å². The first kappa shape index (κ1) is 25.4. The number of nitrogens with one attached hydrogen (secondary N) is 1. The Bertz CT molecular complexity index is 1280. The van der Waals surface area contributed by atoms with Crippen molar-refractivity contribution >= 4 is 5.69 Å². The standard InChI is InChI=1S/C29H30N4O.CH4O/c1-21-31-27-17-18-32(19-22-13-15-25(30-2)16-14-22)20-26(27)29(34)33(21)28(23-9-5-3-6-10-23)24-11-7-4-8-12-24;1-2/h3-16,28,30H,17-20H2,1-2H3;2H,1H3. The van der Waals surface area contributed by atoms with E-state index in [4.69, 9.17) is 10.1 Å². The van der Waals surface area contributed by atoms with Crippen molar-refractivity contribution in [2.24, 2.45) is 0 Å². The second kappa shape index (κ2) is 11.8. The van der Waals surface area contributed by atoms with Gasteiger partial charge >= 0.3 is 0 Å². The Morgan fingerprint density at radius 1 is 0.917 bits per heavy atom. The second-order valence-electron chi connectivity index (χ2n) is 8.89. The zero-order valence-electron chi connectivity index (χ0n) is 21.2. The fraction of sp³-hybridized carbons (Fsp3) is 0.267. The maximum atomic E-state index is 14.0. The highest BCUT2D eigenvalue weighted by molar-refractivity contribution is 5.44. The van der Waals surface area contributed by atoms with Gasteiger partial charge in [-0.25, -0.2) is 4.98 Å². The summed E-state index contributed by atoms with van der Waals surface area (Å²) in [5, 5.41) is 10.2. The van der Waals surface area contributed by atoms with Crippen molar-refractivity contribution in [2.75, 3.05) is 26.0 Å². The monoisotopic (exact) mass is 482 g/mol. The molecular weight excluding hydrogens is 448 g/mol. The van der Waals surface area contributed by atoms with Gasteiger partial charge in [-0.3, -0.25) is 14.3 Å². The molecule has 0 bridgehead atoms. The predicted molar refractivity (Wildman–Crippen MR) is 145 cm³/mol. The van der Waals surface area contributed by atoms with Gasteiger partial charge in [0, 0.05) is 45.9 Å². The highest BCUT2D eigenvalue weighted by Gasteiger charge is 2.26. The molecule has 0 fully saturated rings. The molecule has 36 heavy (non-hydrogen) atoms. The zero-order valence-corrected chi connectivity index (χ0v) is 21.2. The van der Waals surface area contributed by atoms with Gasteiger partial charge in [0.2, 0.25) is 0 Å². The molecule has 6 nitrogen and oxygen atoms in total. The van der Waals surface area contributed by atoms with Crippen LogP contribution in [0.3, 0.4) is 0 Å². The Balaban J connectivity index is 0.00000148. The van der Waals surface area contributed by atoms with E-state index in [0.717, 1.165) is 60.5 Å². The molecule has 2 N–H and O–H groups in total. The van der Waals surface area contributed by atoms with E-state index in [9.17, 15) is 4.79 Å². The third kappa shape index (κ3) is 5.40. The predicted octanol–water partition coefficient (Wildman–Crippen LogP) is 4.40. The number of hydrogen-bond donors (Lipinski definition) is 2. The Morgan fingerprint density at radius 2 is 1.50 bits per heavy atom. The Labute approximate surface area is 212 Å². The van der Waals surface area contributed by atoms with Crippen molar-refractivity contribution in [3.63, 3.8) is 0 Å². The normalized spacial score (nSPS) is 13.0. The average Bonchev–Trinajstić information content (AvgIpc) is 2.94. The molecule has 0 unspecified atom stereocenters. The maximum Gasteiger partial charge on any atom is 0.259 e. The summed E-state index contributed by atoms with van der Waals surface area (Å²) in [6.07, 6.45) is 0.794. The minimum absolute atomic E-state index is 0.0652. The molecule has 1 aliphatic rings. The van der Waals surface area contributed by atoms with Crippen LogP contribution in [0.2, 0.25) is 0 Å². The Hall–Kier alpha value is -3.74. The number of rotatable bonds is 6. The fourth-order valence-corrected chi connectivity index (χ4v) is 4.90. The van der Waals surface area contributed by atoms with Gasteiger partial charge in [0.1, 0.15) is 5.82 Å². The number of benzene rings is 3. The molecule has 0 atom stereocenters. The highest BCUT2D eigenvalue weighted by atomic mass is 16.2. The van der Waals surface area contributed by atoms with Crippen LogP contribution < -0.4 is 10.9 Å². The molecule has 1 aromatic heterocycles. The van der Waals surface area contributed by atoms with E-state index >= 15 is 0 Å². The highest BCUT2D eigenvalue weighted by Crippen LogP contribution is 2.27. The molecule has 4 aromatic rings. The third-order valence-corrected chi connectivity index (χ3v) is 6.65. The summed E-state index contributed by atoms with van der Waals surface area (Å²) in [7, 11) is 2.93. The number of aliphatic hydroxyl groups is 1. The summed E-state index contributed by atoms with van der Waals surface area (Å²) in [4.78, 5) is 21.3. The Morgan fingerprint density at radius 3 is 2.06 bits per heavy atom. The van der Waals surface area contributed by atoms with E-state index in [0.29, 0.717) is 6.54 Å². The van der Waals surface area contributed by atoms with Gasteiger partial charge in [-0.2, -0.15) is 0 Å². The zero-order chi connectivity index (χ0) is 25.5. The van der Waals surface area contributed by atoms with Crippen LogP contribution in [-0.2, 0) is 19.5 Å². The van der Waals surface area contributed by atoms with E-state index in [-0.39, 0.29) is 11.6 Å². The molecule has 0 amide bonds. The summed E-state index contributed by atoms with van der Waals surface area (Å²) in [6, 6.07) is 28.7. The molecule has 0 radical (unpaired) electrons. The number of nitrogens with zero attached hydrogens (tertiary/aromatic N) is 3. The summed E-state index contributed by atoms with van der Waals surface area (Å²) in [6.45, 7) is 4.29. The molecule has 0 aliphatic carbocycles. The SMILES string of the molecule is CNc1ccc(CN2CCc3nc(C)n(C(c4ccccc4)c4ccccc4)c(=O)c3C2)cc1.CO. The molecule has 5 rings (SSSR count). The number of aromatic nitrogens is 2. The minimum atomic E-state index is -0.211. The molecule has 3 aromatic carbocycles. The molecule has 0 saturated heterocycles. The minimum Gasteiger partial charge on any atom is -0.400 e. The summed E-state index contributed by atoms with van der Waals surface area (Å²) in [5.74, 6) is 0.762. The molecule has 186 valence electrons. The molecule has 6 heteroatoms. The average molecular weight is 483 g/mol. The molecule has 1 aliphatic heterocycles. The van der Waals surface area contributed by atoms with Gasteiger partial charge in [-0.05, 0) is 35.7 Å². The van der Waals surface area contributed by atoms with E-state index < -0.39 is 0 Å². The van der Waals surface area contributed by atoms with Crippen LogP contribution in [0.4, 0.5) is 5.69 Å². The van der Waals surface area contributed by atoms with Gasteiger partial charge in [0.05, 0.1) is 17.3 Å². The third-order valence-electron chi connectivity index (χ3n) is 6.65. The van der Waals surface area contributed by atoms with Gasteiger partial charge < -0.3 is 10.4 Å². The van der Waals surface area contributed by atoms with Crippen LogP contribution in [0.1, 0.15) is 39.8 Å². The van der Waals surface area contributed by atoms with E-state index in [1.807, 2.05) is 54.9 Å². The topological polar surface area (TPSA) is 70.4 Å². The van der Waals surface area contributed by atoms with Gasteiger partial charge in [0.15, 0.2) is 0 Å². The molecular formula is C30H34N4O2. The van der Waals surface area contributed by atoms with Gasteiger partial charge in [-0.1, -0.05) is 72.8 Å². The van der Waals surface area contributed by atoms with Crippen molar-refractivity contribution in [3.8, 4) is 0 Å². The molecule has 0 spiro atoms. The van der Waals surface area contributed by atoms with E-state index in [2.05, 4.69) is 58.7 Å². The quantitative estimate of drug-likeness (QED) is 0.426. The lowest BCUT2D eigenvalue weighted by Crippen LogP contribution is -2.40. The van der Waals surface area contributed by atoms with Crippen molar-refractivity contribution in [1.29, 1.82) is 0 Å². The van der Waals surface area contributed by atoms with Crippen molar-refractivity contribution in [2.45, 2.75) is 32.5 Å². The van der Waals surface area contributed by atoms with Gasteiger partial charge in [0.25, 0.3) is 5.56 Å². The lowest BCUT2D eigenvalue weighted by molar-refractivity contribution is 0.240. The van der Waals surface area contributed by atoms with E-state index in [1.54, 1.807) is 0 Å². The largest absolute Gasteiger partial charge is 0.400 e. The Kier molecular flexibility index (Phi) is 8.31. The first-order chi connectivity index (χ1) is 17.6. The molecule has 0 saturated carbocycles. The van der Waals surface area contributed by atoms with Crippen LogP contribution in [0, 0.1) is 6.92 Å². The lowest BCUT2D eigenvalue weighted by Gasteiger charge is -2.30. The van der Waals surface area contributed by atoms with Crippen LogP contribution in [-0.4, -0.2) is 40.3 Å². The van der Waals surface area contributed by atoms with Gasteiger partial charge in [-0.15, -0.1) is 0 Å². The summed E-state index contributed by atoms with van der Waals surface area (Å²) < 4.78 is 1.88. The van der Waals surface area contributed by atoms with Crippen LogP contribution in [0.15, 0.2) is 89.7 Å². The number of fused-ring (bicyclic) bond motifs is 1. The lowest BCUT2D eigenvalue weighted by atomic mass is 9.97. The van der Waals surface area contributed by atoms with Crippen LogP contribution in [0.25, 0.3) is 0 Å². The van der Waals surface area contributed by atoms with Crippen molar-refractivity contribution in [1.82, 2.24) is 14.5 Å². The van der Waals surface area contributed by atoms with Crippen molar-refractivity contribution in [3.05, 3.63) is 129 Å². The second-order valence-corrected chi connectivity index (χ2v) is 8.89.